The second-order valence-corrected chi connectivity index (χ2v) is 6.31. The molecule has 5 heteroatoms. The van der Waals surface area contributed by atoms with Crippen molar-refractivity contribution >= 4 is 0 Å². The Balaban J connectivity index is 1.96. The molecular weight excluding hydrogens is 296 g/mol. The number of rotatable bonds is 5. The number of halogens is 4. The summed E-state index contributed by atoms with van der Waals surface area (Å²) >= 11 is 0. The molecule has 1 nitrogen and oxygen atoms in total. The van der Waals surface area contributed by atoms with E-state index in [1.807, 2.05) is 0 Å². The van der Waals surface area contributed by atoms with E-state index < -0.39 is 17.6 Å². The van der Waals surface area contributed by atoms with Crippen molar-refractivity contribution in [1.82, 2.24) is 0 Å². The first-order valence-electron chi connectivity index (χ1n) is 7.71. The summed E-state index contributed by atoms with van der Waals surface area (Å²) in [6, 6.07) is 3.01. The number of hydrogen-bond donors (Lipinski definition) is 0. The molecule has 0 spiro atoms. The van der Waals surface area contributed by atoms with Gasteiger partial charge in [-0.25, -0.2) is 13.2 Å². The van der Waals surface area contributed by atoms with Crippen LogP contribution >= 0.6 is 0 Å². The first-order valence-corrected chi connectivity index (χ1v) is 7.71. The molecule has 1 fully saturated rings. The van der Waals surface area contributed by atoms with E-state index in [2.05, 4.69) is 0 Å². The molecule has 1 aliphatic rings. The van der Waals surface area contributed by atoms with Crippen LogP contribution in [-0.4, -0.2) is 13.0 Å². The van der Waals surface area contributed by atoms with Crippen molar-refractivity contribution in [3.05, 3.63) is 29.3 Å². The van der Waals surface area contributed by atoms with Gasteiger partial charge in [-0.05, 0) is 62.5 Å². The number of ether oxygens (including phenoxy) is 1. The van der Waals surface area contributed by atoms with Crippen LogP contribution < -0.4 is 4.74 Å². The smallest absolute Gasteiger partial charge is 0.245 e. The molecular formula is C17H22F4O. The quantitative estimate of drug-likeness (QED) is 0.634. The largest absolute Gasteiger partial charge is 0.494 e. The molecule has 1 aromatic carbocycles. The van der Waals surface area contributed by atoms with Crippen molar-refractivity contribution in [2.45, 2.75) is 57.3 Å². The van der Waals surface area contributed by atoms with Crippen LogP contribution in [-0.2, 0) is 0 Å². The summed E-state index contributed by atoms with van der Waals surface area (Å²) in [6.45, 7) is 0.939. The van der Waals surface area contributed by atoms with E-state index in [0.29, 0.717) is 24.8 Å². The van der Waals surface area contributed by atoms with E-state index in [1.165, 1.54) is 13.2 Å². The van der Waals surface area contributed by atoms with Crippen LogP contribution in [0.5, 0.6) is 5.75 Å². The lowest BCUT2D eigenvalue weighted by molar-refractivity contribution is 0.00489. The maximum absolute atomic E-state index is 14.1. The van der Waals surface area contributed by atoms with Gasteiger partial charge in [-0.1, -0.05) is 6.07 Å². The molecule has 0 amide bonds. The van der Waals surface area contributed by atoms with E-state index in [0.717, 1.165) is 19.8 Å². The number of hydrogen-bond acceptors (Lipinski definition) is 1. The van der Waals surface area contributed by atoms with Gasteiger partial charge in [0.1, 0.15) is 0 Å². The average molecular weight is 318 g/mol. The topological polar surface area (TPSA) is 9.23 Å². The van der Waals surface area contributed by atoms with E-state index in [4.69, 9.17) is 4.74 Å². The fourth-order valence-corrected chi connectivity index (χ4v) is 3.24. The maximum atomic E-state index is 14.1. The third-order valence-electron chi connectivity index (χ3n) is 4.57. The Morgan fingerprint density at radius 2 is 1.73 bits per heavy atom. The molecule has 0 bridgehead atoms. The highest BCUT2D eigenvalue weighted by Gasteiger charge is 2.29. The van der Waals surface area contributed by atoms with Gasteiger partial charge in [0.25, 0.3) is 0 Å². The van der Waals surface area contributed by atoms with Gasteiger partial charge in [-0.3, -0.25) is 0 Å². The van der Waals surface area contributed by atoms with Crippen LogP contribution in [0.1, 0.15) is 56.9 Å². The Kier molecular flexibility index (Phi) is 5.35. The fraction of sp³-hybridized carbons (Fsp3) is 0.647. The average Bonchev–Trinajstić information content (AvgIpc) is 2.48. The molecule has 1 aliphatic carbocycles. The van der Waals surface area contributed by atoms with Gasteiger partial charge in [0.15, 0.2) is 11.6 Å². The summed E-state index contributed by atoms with van der Waals surface area (Å²) < 4.78 is 58.4. The SMILES string of the molecule is COc1ccc(C2CCC(CCC(C)(F)F)CC2)c(F)c1F. The highest BCUT2D eigenvalue weighted by atomic mass is 19.3. The lowest BCUT2D eigenvalue weighted by Crippen LogP contribution is -2.18. The number of benzene rings is 1. The summed E-state index contributed by atoms with van der Waals surface area (Å²) in [7, 11) is 1.30. The summed E-state index contributed by atoms with van der Waals surface area (Å²) in [5, 5.41) is 0. The summed E-state index contributed by atoms with van der Waals surface area (Å²) in [4.78, 5) is 0. The minimum absolute atomic E-state index is 0.0428. The molecule has 2 rings (SSSR count). The minimum Gasteiger partial charge on any atom is -0.494 e. The lowest BCUT2D eigenvalue weighted by Gasteiger charge is -2.29. The zero-order chi connectivity index (χ0) is 16.3. The van der Waals surface area contributed by atoms with Crippen molar-refractivity contribution in [1.29, 1.82) is 0 Å². The zero-order valence-corrected chi connectivity index (χ0v) is 13.0. The molecule has 0 radical (unpaired) electrons. The molecule has 1 aromatic rings. The van der Waals surface area contributed by atoms with Crippen LogP contribution in [0.15, 0.2) is 12.1 Å². The molecule has 0 atom stereocenters. The van der Waals surface area contributed by atoms with E-state index in [9.17, 15) is 17.6 Å². The number of alkyl halides is 2. The van der Waals surface area contributed by atoms with Gasteiger partial charge in [0, 0.05) is 6.42 Å². The molecule has 0 heterocycles. The van der Waals surface area contributed by atoms with E-state index in [1.54, 1.807) is 6.07 Å². The van der Waals surface area contributed by atoms with Gasteiger partial charge in [0.2, 0.25) is 11.7 Å². The Labute approximate surface area is 128 Å². The third kappa shape index (κ3) is 4.14. The minimum atomic E-state index is -2.62. The van der Waals surface area contributed by atoms with Crippen LogP contribution in [0, 0.1) is 17.6 Å². The molecule has 22 heavy (non-hydrogen) atoms. The van der Waals surface area contributed by atoms with Crippen molar-refractivity contribution < 1.29 is 22.3 Å². The molecule has 0 saturated heterocycles. The predicted molar refractivity (Wildman–Crippen MR) is 77.5 cm³/mol. The monoisotopic (exact) mass is 318 g/mol. The van der Waals surface area contributed by atoms with E-state index in [-0.39, 0.29) is 24.0 Å². The molecule has 0 aromatic heterocycles. The van der Waals surface area contributed by atoms with Crippen LogP contribution in [0.4, 0.5) is 17.6 Å². The lowest BCUT2D eigenvalue weighted by atomic mass is 9.77. The molecule has 0 aliphatic heterocycles. The van der Waals surface area contributed by atoms with Crippen molar-refractivity contribution in [3.63, 3.8) is 0 Å². The van der Waals surface area contributed by atoms with Crippen LogP contribution in [0.3, 0.4) is 0 Å². The number of methoxy groups -OCH3 is 1. The predicted octanol–water partition coefficient (Wildman–Crippen LogP) is 5.68. The Bertz CT molecular complexity index is 502. The third-order valence-corrected chi connectivity index (χ3v) is 4.57. The van der Waals surface area contributed by atoms with Gasteiger partial charge in [0.05, 0.1) is 7.11 Å². The van der Waals surface area contributed by atoms with Crippen LogP contribution in [0.25, 0.3) is 0 Å². The fourth-order valence-electron chi connectivity index (χ4n) is 3.24. The Morgan fingerprint density at radius 1 is 1.09 bits per heavy atom. The van der Waals surface area contributed by atoms with Gasteiger partial charge in [-0.2, -0.15) is 4.39 Å². The zero-order valence-electron chi connectivity index (χ0n) is 13.0. The molecule has 124 valence electrons. The van der Waals surface area contributed by atoms with Gasteiger partial charge in [-0.15, -0.1) is 0 Å². The van der Waals surface area contributed by atoms with E-state index >= 15 is 0 Å². The van der Waals surface area contributed by atoms with Gasteiger partial charge >= 0.3 is 0 Å². The first-order chi connectivity index (χ1) is 10.3. The summed E-state index contributed by atoms with van der Waals surface area (Å²) in [5.41, 5.74) is 0.373. The Morgan fingerprint density at radius 3 is 2.27 bits per heavy atom. The second kappa shape index (κ2) is 6.88. The second-order valence-electron chi connectivity index (χ2n) is 6.31. The molecule has 0 unspecified atom stereocenters. The highest BCUT2D eigenvalue weighted by Crippen LogP contribution is 2.40. The molecule has 0 N–H and O–H groups in total. The maximum Gasteiger partial charge on any atom is 0.245 e. The standard InChI is InChI=1S/C17H22F4O/c1-17(20,21)10-9-11-3-5-12(6-4-11)13-7-8-14(22-2)16(19)15(13)18/h7-8,11-12H,3-6,9-10H2,1-2H3. The first kappa shape index (κ1) is 17.1. The highest BCUT2D eigenvalue weighted by molar-refractivity contribution is 5.33. The van der Waals surface area contributed by atoms with Gasteiger partial charge < -0.3 is 4.74 Å². The Hall–Kier alpha value is -1.26. The van der Waals surface area contributed by atoms with Crippen LogP contribution in [0.2, 0.25) is 0 Å². The van der Waals surface area contributed by atoms with Crippen molar-refractivity contribution in [2.75, 3.05) is 7.11 Å². The summed E-state index contributed by atoms with van der Waals surface area (Å²) in [6.07, 6.45) is 3.39. The summed E-state index contributed by atoms with van der Waals surface area (Å²) in [5.74, 6) is -4.30. The van der Waals surface area contributed by atoms with Crippen molar-refractivity contribution in [2.24, 2.45) is 5.92 Å². The van der Waals surface area contributed by atoms with Crippen molar-refractivity contribution in [3.8, 4) is 5.75 Å². The molecule has 1 saturated carbocycles. The normalized spacial score (nSPS) is 22.6.